The Labute approximate surface area is 715 Å². The van der Waals surface area contributed by atoms with Crippen molar-refractivity contribution >= 4 is 110 Å². The molecule has 6 N–H and O–H groups in total. The highest BCUT2D eigenvalue weighted by Crippen LogP contribution is 2.49. The first kappa shape index (κ1) is 91.4. The average Bonchev–Trinajstić information content (AvgIpc) is 1.64. The van der Waals surface area contributed by atoms with E-state index in [-0.39, 0.29) is 76.3 Å². The lowest BCUT2D eigenvalue weighted by Gasteiger charge is -2.26. The molecule has 662 valence electrons. The summed E-state index contributed by atoms with van der Waals surface area (Å²) < 4.78 is 158. The number of hydrogen-bond donors (Lipinski definition) is 6. The van der Waals surface area contributed by atoms with Gasteiger partial charge in [-0.2, -0.15) is 15.3 Å². The van der Waals surface area contributed by atoms with E-state index in [1.807, 2.05) is 0 Å². The Morgan fingerprint density at radius 2 is 0.680 bits per heavy atom. The fourth-order valence-electron chi connectivity index (χ4n) is 13.4. The van der Waals surface area contributed by atoms with Gasteiger partial charge in [-0.25, -0.2) is 60.8 Å². The van der Waals surface area contributed by atoms with Crippen LogP contribution in [0.25, 0.3) is 32.7 Å². The van der Waals surface area contributed by atoms with Crippen LogP contribution in [0.15, 0.2) is 147 Å². The van der Waals surface area contributed by atoms with E-state index < -0.39 is 60.4 Å². The minimum absolute atomic E-state index is 0.00912. The van der Waals surface area contributed by atoms with Crippen LogP contribution in [0.2, 0.25) is 0 Å². The number of benzene rings is 6. The fourth-order valence-corrected chi connectivity index (χ4v) is 14.5. The Balaban J connectivity index is 0.647. The van der Waals surface area contributed by atoms with Crippen LogP contribution < -0.4 is 60.3 Å². The molecule has 0 atom stereocenters. The maximum atomic E-state index is 15.0. The lowest BCUT2D eigenvalue weighted by molar-refractivity contribution is -0.117. The molecule has 0 spiro atoms. The van der Waals surface area contributed by atoms with E-state index in [4.69, 9.17) is 42.0 Å². The Morgan fingerprint density at radius 1 is 0.384 bits per heavy atom. The van der Waals surface area contributed by atoms with Crippen LogP contribution >= 0.6 is 7.82 Å². The van der Waals surface area contributed by atoms with Crippen molar-refractivity contribution in [2.75, 3.05) is 152 Å². The molecule has 6 aromatic heterocycles. The molecule has 0 aliphatic heterocycles. The van der Waals surface area contributed by atoms with Crippen molar-refractivity contribution in [3.8, 4) is 34.5 Å². The predicted octanol–water partition coefficient (Wildman–Crippen LogP) is 14.1. The Kier molecular flexibility index (Phi) is 32.9. The van der Waals surface area contributed by atoms with Gasteiger partial charge in [0.1, 0.15) is 56.1 Å². The first-order valence-corrected chi connectivity index (χ1v) is 41.8. The van der Waals surface area contributed by atoms with Crippen LogP contribution in [0, 0.1) is 34.9 Å². The summed E-state index contributed by atoms with van der Waals surface area (Å²) in [5, 5.41) is 31.2. The third-order valence-electron chi connectivity index (χ3n) is 19.3. The number of carbonyl (C=O) groups excluding carboxylic acids is 3. The topological polar surface area (TPSA) is 364 Å². The number of aromatic nitrogens is 12. The summed E-state index contributed by atoms with van der Waals surface area (Å²) in [7, 11) is 0.336. The van der Waals surface area contributed by atoms with E-state index in [0.29, 0.717) is 180 Å². The first-order chi connectivity index (χ1) is 60.7. The zero-order valence-electron chi connectivity index (χ0n) is 69.6. The van der Waals surface area contributed by atoms with Crippen molar-refractivity contribution in [3.05, 3.63) is 182 Å². The Morgan fingerprint density at radius 3 is 0.960 bits per heavy atom. The third-order valence-corrected chi connectivity index (χ3v) is 20.8. The number of fused-ring (bicyclic) bond motifs is 3. The summed E-state index contributed by atoms with van der Waals surface area (Å²) in [5.74, 6) is -4.81. The van der Waals surface area contributed by atoms with Crippen LogP contribution in [-0.4, -0.2) is 212 Å². The molecule has 6 heterocycles. The molecule has 0 aliphatic rings. The lowest BCUT2D eigenvalue weighted by Crippen LogP contribution is -2.32. The van der Waals surface area contributed by atoms with Gasteiger partial charge in [0.05, 0.1) is 130 Å². The molecule has 125 heavy (non-hydrogen) atoms. The lowest BCUT2D eigenvalue weighted by atomic mass is 10.2. The number of nitrogens with one attached hydrogen (secondary N) is 6. The van der Waals surface area contributed by atoms with Crippen molar-refractivity contribution in [3.63, 3.8) is 0 Å². The van der Waals surface area contributed by atoms with Gasteiger partial charge in [0.25, 0.3) is 0 Å². The summed E-state index contributed by atoms with van der Waals surface area (Å²) in [6.45, 7) is 11.2. The number of phosphoric ester groups is 1. The normalized spacial score (nSPS) is 11.6. The van der Waals surface area contributed by atoms with Gasteiger partial charge >= 0.3 is 7.82 Å². The van der Waals surface area contributed by atoms with Crippen LogP contribution in [0.1, 0.15) is 59.3 Å². The highest BCUT2D eigenvalue weighted by atomic mass is 31.2. The van der Waals surface area contributed by atoms with Crippen molar-refractivity contribution in [1.82, 2.24) is 73.9 Å². The van der Waals surface area contributed by atoms with Gasteiger partial charge in [0, 0.05) is 92.2 Å². The number of hydrogen-bond acceptors (Lipinski definition) is 28. The highest BCUT2D eigenvalue weighted by Gasteiger charge is 2.29. The monoisotopic (exact) mass is 1750 g/mol. The number of ether oxygens (including phenoxy) is 6. The molecule has 12 rings (SSSR count). The van der Waals surface area contributed by atoms with E-state index in [9.17, 15) is 40.7 Å². The Hall–Kier alpha value is -12.9. The summed E-state index contributed by atoms with van der Waals surface area (Å²) in [4.78, 5) is 71.6. The zero-order valence-corrected chi connectivity index (χ0v) is 70.5. The van der Waals surface area contributed by atoms with Crippen molar-refractivity contribution in [2.24, 2.45) is 0 Å². The molecule has 3 amide bonds. The largest absolute Gasteiger partial charge is 0.493 e. The van der Waals surface area contributed by atoms with Crippen molar-refractivity contribution < 1.29 is 87.3 Å². The van der Waals surface area contributed by atoms with Gasteiger partial charge in [0.2, 0.25) is 17.7 Å². The van der Waals surface area contributed by atoms with Crippen LogP contribution in [-0.2, 0) is 52.2 Å². The van der Waals surface area contributed by atoms with Gasteiger partial charge in [-0.15, -0.1) is 0 Å². The van der Waals surface area contributed by atoms with Crippen LogP contribution in [0.3, 0.4) is 0 Å². The third kappa shape index (κ3) is 25.7. The molecule has 12 aromatic rings. The van der Waals surface area contributed by atoms with Gasteiger partial charge < -0.3 is 75.0 Å². The van der Waals surface area contributed by atoms with Gasteiger partial charge in [0.15, 0.2) is 69.4 Å². The molecule has 0 radical (unpaired) electrons. The van der Waals surface area contributed by atoms with E-state index in [0.717, 1.165) is 37.5 Å². The van der Waals surface area contributed by atoms with Crippen molar-refractivity contribution in [2.45, 2.75) is 78.9 Å². The zero-order chi connectivity index (χ0) is 88.2. The minimum Gasteiger partial charge on any atom is -0.493 e. The first-order valence-electron chi connectivity index (χ1n) is 40.4. The number of phosphoric acid groups is 1. The van der Waals surface area contributed by atoms with E-state index in [1.165, 1.54) is 109 Å². The maximum Gasteiger partial charge on any atom is 0.474 e. The molecular weight excluding hydrogens is 1660 g/mol. The Bertz CT molecular complexity index is 5160. The van der Waals surface area contributed by atoms with Gasteiger partial charge in [-0.3, -0.25) is 42.0 Å². The molecule has 0 unspecified atom stereocenters. The smallest absolute Gasteiger partial charge is 0.474 e. The van der Waals surface area contributed by atoms with Gasteiger partial charge in [-0.05, 0) is 113 Å². The molecular formula is C84H96F6N21O13P. The van der Waals surface area contributed by atoms with Gasteiger partial charge in [-0.1, -0.05) is 39.0 Å². The summed E-state index contributed by atoms with van der Waals surface area (Å²) in [6.07, 6.45) is 17.5. The standard InChI is InChI=1S/C84H96F6N21O13P/c1-7-22-106(25-13-31-119-73-40-67-58(37-70(73)116-4)82(94-52-91-67)100-55-43-97-109(46-55)49-76(112)103-64-19-10-16-61(85)79(64)88)28-34-122-125(115,123-35-29-107(23-8-2)26-14-32-120-74-41-68-59(38-71(74)117-5)83(95-53-92-68)101-56-44-98-110(47-56)50-77(113)104-65-20-11-17-62(86)80(65)89)124-36-30-108(24-9-3)27-15-33-121-75-42-69-60(39-72(75)118-6)84(96-54-93-69)102-57-45-99-111(48-57)51-78(114)105-66-21-12-18-63(87)81(66)90/h10-12,16-21,37-48,52-54H,7-9,13-15,22-36,49-51H2,1-6H3,(H,103,112)(H,104,113)(H,105,114)(H,91,94,100)(H,92,95,101)(H,93,96,102). The van der Waals surface area contributed by atoms with E-state index in [1.54, 1.807) is 55.0 Å². The highest BCUT2D eigenvalue weighted by molar-refractivity contribution is 7.48. The molecule has 0 fully saturated rings. The van der Waals surface area contributed by atoms with Crippen LogP contribution in [0.5, 0.6) is 34.5 Å². The molecule has 0 bridgehead atoms. The fraction of sp³-hybridized carbons (Fsp3) is 0.357. The van der Waals surface area contributed by atoms with Crippen LogP contribution in [0.4, 0.5) is 77.9 Å². The summed E-state index contributed by atoms with van der Waals surface area (Å²) >= 11 is 0. The molecule has 6 aromatic carbocycles. The minimum atomic E-state index is -4.23. The second kappa shape index (κ2) is 45.0. The number of amides is 3. The number of methoxy groups -OCH3 is 3. The quantitative estimate of drug-likeness (QED) is 0.0117. The number of halogens is 6. The van der Waals surface area contributed by atoms with Crippen molar-refractivity contribution in [1.29, 1.82) is 0 Å². The molecule has 41 heteroatoms. The molecule has 0 saturated carbocycles. The molecule has 0 aliphatic carbocycles. The maximum absolute atomic E-state index is 15.0. The second-order valence-corrected chi connectivity index (χ2v) is 30.1. The summed E-state index contributed by atoms with van der Waals surface area (Å²) in [5.41, 5.74) is 2.19. The predicted molar refractivity (Wildman–Crippen MR) is 456 cm³/mol. The summed E-state index contributed by atoms with van der Waals surface area (Å²) in [6, 6.07) is 21.0. The number of carbonyl (C=O) groups is 3. The molecule has 0 saturated heterocycles. The number of anilines is 9. The average molecular weight is 1750 g/mol. The number of rotatable bonds is 51. The number of nitrogens with zero attached hydrogens (tertiary/aromatic N) is 15. The molecule has 34 nitrogen and oxygen atoms in total. The van der Waals surface area contributed by atoms with E-state index in [2.05, 4.69) is 113 Å². The second-order valence-electron chi connectivity index (χ2n) is 28.4. The SMILES string of the molecule is CCCN(CCCOc1cc2ncnc(Nc3cnn(CC(=O)Nc4cccc(F)c4F)c3)c2cc1OC)CCOP(=O)(OCCN(CCC)CCCOc1cc2ncnc(Nc3cnn(CC(=O)Nc4cccc(F)c4F)c3)c2cc1OC)OCCN(CCC)CCCOc1cc2ncnc(Nc3cnn(CC(=O)Nc4cccc(F)c4F)c3)c2cc1OC. The van der Waals surface area contributed by atoms with E-state index >= 15 is 4.57 Å².